The number of fused-ring (bicyclic) bond motifs is 1. The number of benzene rings is 2. The van der Waals surface area contributed by atoms with Crippen molar-refractivity contribution in [1.82, 2.24) is 4.90 Å². The summed E-state index contributed by atoms with van der Waals surface area (Å²) in [7, 11) is 0. The molecular formula is C25H25ClN2O2S2. The molecule has 4 rings (SSSR count). The first-order chi connectivity index (χ1) is 15.5. The number of thiocarbonyl (C=S) groups is 1. The molecule has 1 saturated heterocycles. The molecule has 7 heteroatoms. The van der Waals surface area contributed by atoms with Crippen LogP contribution in [0.25, 0.3) is 6.08 Å². The average Bonchev–Trinajstić information content (AvgIpc) is 3.07. The lowest BCUT2D eigenvalue weighted by Gasteiger charge is -2.29. The molecule has 0 atom stereocenters. The Kier molecular flexibility index (Phi) is 7.66. The van der Waals surface area contributed by atoms with Gasteiger partial charge < -0.3 is 4.90 Å². The van der Waals surface area contributed by atoms with Gasteiger partial charge in [0, 0.05) is 30.2 Å². The largest absolute Gasteiger partial charge is 0.312 e. The number of carbonyl (C=O) groups excluding carboxylic acids is 2. The summed E-state index contributed by atoms with van der Waals surface area (Å²) in [5, 5.41) is 0.665. The van der Waals surface area contributed by atoms with E-state index in [1.807, 2.05) is 41.3 Å². The highest BCUT2D eigenvalue weighted by molar-refractivity contribution is 8.26. The second-order valence-electron chi connectivity index (χ2n) is 7.97. The van der Waals surface area contributed by atoms with Crippen LogP contribution in [0.15, 0.2) is 53.4 Å². The number of carbonyl (C=O) groups is 2. The molecule has 0 saturated carbocycles. The van der Waals surface area contributed by atoms with Gasteiger partial charge in [0.1, 0.15) is 4.32 Å². The summed E-state index contributed by atoms with van der Waals surface area (Å²) in [6.45, 7) is 1.38. The third-order valence-electron chi connectivity index (χ3n) is 5.73. The van der Waals surface area contributed by atoms with Gasteiger partial charge in [-0.15, -0.1) is 0 Å². The van der Waals surface area contributed by atoms with E-state index in [1.54, 1.807) is 17.0 Å². The van der Waals surface area contributed by atoms with Crippen LogP contribution in [0.4, 0.5) is 5.69 Å². The second kappa shape index (κ2) is 10.6. The molecular weight excluding hydrogens is 460 g/mol. The number of hydrogen-bond donors (Lipinski definition) is 0. The summed E-state index contributed by atoms with van der Waals surface area (Å²) in [6.07, 6.45) is 6.96. The molecule has 2 aromatic carbocycles. The molecule has 2 amide bonds. The topological polar surface area (TPSA) is 40.6 Å². The van der Waals surface area contributed by atoms with Crippen LogP contribution in [-0.2, 0) is 16.0 Å². The van der Waals surface area contributed by atoms with Crippen molar-refractivity contribution in [1.29, 1.82) is 0 Å². The molecule has 32 heavy (non-hydrogen) atoms. The second-order valence-corrected chi connectivity index (χ2v) is 10.1. The minimum absolute atomic E-state index is 0.0454. The van der Waals surface area contributed by atoms with E-state index >= 15 is 0 Å². The van der Waals surface area contributed by atoms with E-state index in [-0.39, 0.29) is 11.8 Å². The van der Waals surface area contributed by atoms with Crippen molar-refractivity contribution in [2.24, 2.45) is 0 Å². The summed E-state index contributed by atoms with van der Waals surface area (Å²) in [4.78, 5) is 29.7. The third kappa shape index (κ3) is 5.42. The highest BCUT2D eigenvalue weighted by Gasteiger charge is 2.31. The fourth-order valence-corrected chi connectivity index (χ4v) is 5.49. The van der Waals surface area contributed by atoms with Crippen molar-refractivity contribution >= 4 is 63.5 Å². The Morgan fingerprint density at radius 2 is 1.88 bits per heavy atom. The number of aryl methyl sites for hydroxylation is 1. The van der Waals surface area contributed by atoms with Crippen molar-refractivity contribution in [3.05, 3.63) is 69.6 Å². The fraction of sp³-hybridized carbons (Fsp3) is 0.320. The van der Waals surface area contributed by atoms with Crippen LogP contribution in [0.2, 0.25) is 5.02 Å². The lowest BCUT2D eigenvalue weighted by Crippen LogP contribution is -2.35. The number of amides is 2. The lowest BCUT2D eigenvalue weighted by molar-refractivity contribution is -0.122. The highest BCUT2D eigenvalue weighted by atomic mass is 35.5. The van der Waals surface area contributed by atoms with Crippen LogP contribution in [0.3, 0.4) is 0 Å². The zero-order chi connectivity index (χ0) is 22.5. The molecule has 0 aliphatic carbocycles. The Hall–Kier alpha value is -2.15. The van der Waals surface area contributed by atoms with E-state index < -0.39 is 0 Å². The van der Waals surface area contributed by atoms with Gasteiger partial charge >= 0.3 is 0 Å². The molecule has 2 aliphatic heterocycles. The lowest BCUT2D eigenvalue weighted by atomic mass is 10.0. The Morgan fingerprint density at radius 3 is 2.69 bits per heavy atom. The predicted molar refractivity (Wildman–Crippen MR) is 137 cm³/mol. The highest BCUT2D eigenvalue weighted by Crippen LogP contribution is 2.33. The minimum atomic E-state index is -0.0454. The molecule has 2 heterocycles. The van der Waals surface area contributed by atoms with Gasteiger partial charge in [-0.05, 0) is 61.1 Å². The standard InChI is InChI=1S/C25H25ClN2O2S2/c26-20-13-11-18(12-14-20)17-22-24(30)28(25(31)32-22)15-5-1-2-10-23(29)27-16-6-8-19-7-3-4-9-21(19)27/h3-4,7,9,11-14,17H,1-2,5-6,8,10,15-16H2/b22-17-. The van der Waals surface area contributed by atoms with Gasteiger partial charge in [0.2, 0.25) is 5.91 Å². The van der Waals surface area contributed by atoms with Crippen LogP contribution in [0.1, 0.15) is 43.2 Å². The fourth-order valence-electron chi connectivity index (χ4n) is 4.05. The number of thioether (sulfide) groups is 1. The SMILES string of the molecule is O=C1/C(=C/c2ccc(Cl)cc2)SC(=S)N1CCCCCC(=O)N1CCCc2ccccc21. The molecule has 0 unspecified atom stereocenters. The van der Waals surface area contributed by atoms with Crippen molar-refractivity contribution in [2.75, 3.05) is 18.0 Å². The zero-order valence-electron chi connectivity index (χ0n) is 17.8. The normalized spacial score (nSPS) is 17.2. The number of anilines is 1. The summed E-state index contributed by atoms with van der Waals surface area (Å²) in [5.74, 6) is 0.143. The quantitative estimate of drug-likeness (QED) is 0.271. The van der Waals surface area contributed by atoms with Crippen molar-refractivity contribution in [2.45, 2.75) is 38.5 Å². The van der Waals surface area contributed by atoms with Crippen LogP contribution in [0, 0.1) is 0 Å². The first-order valence-corrected chi connectivity index (χ1v) is 12.5. The number of hydrogen-bond acceptors (Lipinski definition) is 4. The minimum Gasteiger partial charge on any atom is -0.312 e. The summed E-state index contributed by atoms with van der Waals surface area (Å²) >= 11 is 12.7. The maximum absolute atomic E-state index is 12.7. The van der Waals surface area contributed by atoms with Gasteiger partial charge in [0.05, 0.1) is 4.91 Å². The Labute approximate surface area is 203 Å². The van der Waals surface area contributed by atoms with Crippen LogP contribution in [0.5, 0.6) is 0 Å². The molecule has 0 bridgehead atoms. The van der Waals surface area contributed by atoms with E-state index in [4.69, 9.17) is 23.8 Å². The number of nitrogens with zero attached hydrogens (tertiary/aromatic N) is 2. The maximum atomic E-state index is 12.7. The van der Waals surface area contributed by atoms with Crippen molar-refractivity contribution in [3.8, 4) is 0 Å². The zero-order valence-corrected chi connectivity index (χ0v) is 20.1. The number of unbranched alkanes of at least 4 members (excludes halogenated alkanes) is 2. The molecule has 1 fully saturated rings. The van der Waals surface area contributed by atoms with Gasteiger partial charge in [-0.2, -0.15) is 0 Å². The summed E-state index contributed by atoms with van der Waals surface area (Å²) in [5.41, 5.74) is 3.25. The van der Waals surface area contributed by atoms with Crippen LogP contribution in [-0.4, -0.2) is 34.1 Å². The van der Waals surface area contributed by atoms with Crippen LogP contribution >= 0.6 is 35.6 Å². The molecule has 166 valence electrons. The Balaban J connectivity index is 1.24. The van der Waals surface area contributed by atoms with Gasteiger partial charge in [-0.1, -0.05) is 72.3 Å². The Bertz CT molecular complexity index is 1050. The first-order valence-electron chi connectivity index (χ1n) is 10.9. The average molecular weight is 485 g/mol. The van der Waals surface area contributed by atoms with Gasteiger partial charge in [0.15, 0.2) is 0 Å². The summed E-state index contributed by atoms with van der Waals surface area (Å²) < 4.78 is 0.594. The van der Waals surface area contributed by atoms with E-state index in [2.05, 4.69) is 6.07 Å². The molecule has 0 spiro atoms. The molecule has 4 nitrogen and oxygen atoms in total. The van der Waals surface area contributed by atoms with Gasteiger partial charge in [-0.25, -0.2) is 0 Å². The van der Waals surface area contributed by atoms with Crippen molar-refractivity contribution < 1.29 is 9.59 Å². The van der Waals surface area contributed by atoms with Gasteiger partial charge in [0.25, 0.3) is 5.91 Å². The number of halogens is 1. The van der Waals surface area contributed by atoms with E-state index in [1.165, 1.54) is 17.3 Å². The number of para-hydroxylation sites is 1. The molecule has 0 aromatic heterocycles. The Morgan fingerprint density at radius 1 is 1.09 bits per heavy atom. The van der Waals surface area contributed by atoms with E-state index in [9.17, 15) is 9.59 Å². The predicted octanol–water partition coefficient (Wildman–Crippen LogP) is 6.08. The molecule has 0 N–H and O–H groups in total. The third-order valence-corrected chi connectivity index (χ3v) is 7.35. The molecule has 2 aromatic rings. The van der Waals surface area contributed by atoms with E-state index in [0.29, 0.717) is 27.2 Å². The summed E-state index contributed by atoms with van der Waals surface area (Å²) in [6, 6.07) is 15.5. The van der Waals surface area contributed by atoms with Crippen LogP contribution < -0.4 is 4.90 Å². The van der Waals surface area contributed by atoms with E-state index in [0.717, 1.165) is 49.9 Å². The first kappa shape index (κ1) is 23.0. The molecule has 0 radical (unpaired) electrons. The smallest absolute Gasteiger partial charge is 0.266 e. The van der Waals surface area contributed by atoms with Crippen molar-refractivity contribution in [3.63, 3.8) is 0 Å². The van der Waals surface area contributed by atoms with Gasteiger partial charge in [-0.3, -0.25) is 14.5 Å². The molecule has 2 aliphatic rings. The monoisotopic (exact) mass is 484 g/mol. The maximum Gasteiger partial charge on any atom is 0.266 e. The number of rotatable bonds is 7.